The molecule has 2 heterocycles. The minimum absolute atomic E-state index is 0.0678. The number of aliphatic hydroxyl groups is 1. The van der Waals surface area contributed by atoms with Gasteiger partial charge in [0.15, 0.2) is 15.8 Å². The molecule has 4 aromatic rings. The van der Waals surface area contributed by atoms with Crippen LogP contribution in [0.15, 0.2) is 76.6 Å². The first-order valence-corrected chi connectivity index (χ1v) is 18.2. The quantitative estimate of drug-likeness (QED) is 0.0305. The van der Waals surface area contributed by atoms with Gasteiger partial charge >= 0.3 is 5.91 Å². The van der Waals surface area contributed by atoms with Crippen molar-refractivity contribution in [3.8, 4) is 17.2 Å². The van der Waals surface area contributed by atoms with Crippen molar-refractivity contribution in [3.63, 3.8) is 0 Å². The zero-order valence-electron chi connectivity index (χ0n) is 27.1. The summed E-state index contributed by atoms with van der Waals surface area (Å²) >= 11 is 8.96. The number of rotatable bonds is 16. The summed E-state index contributed by atoms with van der Waals surface area (Å²) in [5, 5.41) is 21.2. The number of amides is 1. The number of aliphatic hydroxyl groups excluding tert-OH is 1. The molecule has 0 bridgehead atoms. The fraction of sp³-hybridized carbons (Fsp3) is 0.333. The first kappa shape index (κ1) is 35.3. The number of nitrogens with zero attached hydrogens (tertiary/aromatic N) is 3. The molecule has 3 aromatic carbocycles. The minimum Gasteiger partial charge on any atom is -0.507 e. The van der Waals surface area contributed by atoms with E-state index in [1.807, 2.05) is 38.1 Å². The van der Waals surface area contributed by atoms with Gasteiger partial charge in [0, 0.05) is 16.3 Å². The predicted molar refractivity (Wildman–Crippen MR) is 191 cm³/mol. The summed E-state index contributed by atoms with van der Waals surface area (Å²) in [7, 11) is 0. The van der Waals surface area contributed by atoms with Gasteiger partial charge in [0.05, 0.1) is 31.4 Å². The van der Waals surface area contributed by atoms with E-state index in [2.05, 4.69) is 17.1 Å². The Hall–Kier alpha value is -4.06. The number of hydrogen-bond acceptors (Lipinski definition) is 10. The lowest BCUT2D eigenvalue weighted by molar-refractivity contribution is -0.132. The van der Waals surface area contributed by atoms with Crippen LogP contribution in [0.2, 0.25) is 5.02 Å². The second-order valence-electron chi connectivity index (χ2n) is 11.0. The molecule has 0 spiro atoms. The number of hydrogen-bond donors (Lipinski definition) is 1. The van der Waals surface area contributed by atoms with Crippen molar-refractivity contribution < 1.29 is 28.9 Å². The molecule has 1 N–H and O–H groups in total. The van der Waals surface area contributed by atoms with Crippen LogP contribution in [-0.2, 0) is 15.3 Å². The molecule has 1 aromatic heterocycles. The van der Waals surface area contributed by atoms with Crippen LogP contribution in [0.25, 0.3) is 5.76 Å². The lowest BCUT2D eigenvalue weighted by atomic mass is 9.95. The Bertz CT molecular complexity index is 1760. The summed E-state index contributed by atoms with van der Waals surface area (Å²) in [6, 6.07) is 18.6. The molecule has 48 heavy (non-hydrogen) atoms. The van der Waals surface area contributed by atoms with E-state index in [1.165, 1.54) is 28.0 Å². The Morgan fingerprint density at radius 3 is 2.44 bits per heavy atom. The number of thioether (sulfide) groups is 1. The molecule has 0 radical (unpaired) electrons. The molecule has 1 aliphatic heterocycles. The van der Waals surface area contributed by atoms with Crippen molar-refractivity contribution in [2.24, 2.45) is 0 Å². The number of ketones is 1. The van der Waals surface area contributed by atoms with Gasteiger partial charge in [-0.2, -0.15) is 0 Å². The average molecular weight is 708 g/mol. The molecule has 12 heteroatoms. The number of aromatic nitrogens is 2. The van der Waals surface area contributed by atoms with Gasteiger partial charge in [0.25, 0.3) is 5.78 Å². The molecule has 1 saturated heterocycles. The molecule has 1 aliphatic rings. The topological polar surface area (TPSA) is 111 Å². The van der Waals surface area contributed by atoms with Crippen LogP contribution in [0.4, 0.5) is 5.13 Å². The number of halogens is 1. The van der Waals surface area contributed by atoms with Gasteiger partial charge in [-0.05, 0) is 73.4 Å². The number of benzene rings is 3. The predicted octanol–water partition coefficient (Wildman–Crippen LogP) is 8.87. The van der Waals surface area contributed by atoms with E-state index in [1.54, 1.807) is 42.5 Å². The number of anilines is 1. The van der Waals surface area contributed by atoms with Gasteiger partial charge in [-0.3, -0.25) is 14.5 Å². The van der Waals surface area contributed by atoms with Gasteiger partial charge in [0.2, 0.25) is 5.13 Å². The van der Waals surface area contributed by atoms with E-state index in [4.69, 9.17) is 25.8 Å². The number of ether oxygens (including phenoxy) is 3. The third kappa shape index (κ3) is 8.14. The maximum absolute atomic E-state index is 13.8. The summed E-state index contributed by atoms with van der Waals surface area (Å²) in [6.07, 6.45) is 3.87. The van der Waals surface area contributed by atoms with Gasteiger partial charge in [0.1, 0.15) is 11.5 Å². The zero-order valence-corrected chi connectivity index (χ0v) is 29.5. The standard InChI is InChI=1S/C36H38ClN3O6S2/c1-4-7-10-20-46-28-18-15-24(21-29(28)44-6-3)31-30(32(41)23-13-16-26(17-14-23)45-19-5-2)33(42)34(43)40(31)35-38-39-36(48-35)47-22-25-11-8-9-12-27(25)37/h8-9,11-18,21,31,41H,4-7,10,19-20,22H2,1-3H3/b32-30+. The fourth-order valence-electron chi connectivity index (χ4n) is 5.16. The van der Waals surface area contributed by atoms with E-state index in [-0.39, 0.29) is 16.5 Å². The van der Waals surface area contributed by atoms with Crippen LogP contribution in [-0.4, -0.2) is 46.8 Å². The van der Waals surface area contributed by atoms with Crippen molar-refractivity contribution in [1.29, 1.82) is 0 Å². The van der Waals surface area contributed by atoms with Gasteiger partial charge in [-0.15, -0.1) is 10.2 Å². The molecule has 1 unspecified atom stereocenters. The Balaban J connectivity index is 1.54. The first-order valence-electron chi connectivity index (χ1n) is 16.0. The third-order valence-corrected chi connectivity index (χ3v) is 10.0. The smallest absolute Gasteiger partial charge is 0.301 e. The molecule has 1 fully saturated rings. The monoisotopic (exact) mass is 707 g/mol. The van der Waals surface area contributed by atoms with Crippen LogP contribution in [0.5, 0.6) is 17.2 Å². The number of carbonyl (C=O) groups is 2. The Labute approximate surface area is 293 Å². The number of carbonyl (C=O) groups excluding carboxylic acids is 2. The van der Waals surface area contributed by atoms with E-state index in [0.717, 1.165) is 31.2 Å². The summed E-state index contributed by atoms with van der Waals surface area (Å²) < 4.78 is 18.3. The molecule has 5 rings (SSSR count). The lowest BCUT2D eigenvalue weighted by Crippen LogP contribution is -2.29. The van der Waals surface area contributed by atoms with Crippen LogP contribution < -0.4 is 19.1 Å². The SMILES string of the molecule is CCCCCOc1ccc(C2/C(=C(\O)c3ccc(OCCC)cc3)C(=O)C(=O)N2c2nnc(SCc3ccccc3Cl)s2)cc1OCC. The Morgan fingerprint density at radius 2 is 1.71 bits per heavy atom. The molecule has 0 saturated carbocycles. The van der Waals surface area contributed by atoms with Crippen LogP contribution in [0.3, 0.4) is 0 Å². The Morgan fingerprint density at radius 1 is 0.917 bits per heavy atom. The van der Waals surface area contributed by atoms with Gasteiger partial charge in [-0.1, -0.05) is 85.7 Å². The average Bonchev–Trinajstić information content (AvgIpc) is 3.67. The first-order chi connectivity index (χ1) is 23.4. The maximum Gasteiger partial charge on any atom is 0.301 e. The normalized spacial score (nSPS) is 15.6. The van der Waals surface area contributed by atoms with Gasteiger partial charge < -0.3 is 19.3 Å². The highest BCUT2D eigenvalue weighted by Crippen LogP contribution is 2.46. The second-order valence-corrected chi connectivity index (χ2v) is 13.6. The van der Waals surface area contributed by atoms with Crippen LogP contribution >= 0.6 is 34.7 Å². The molecular formula is C36H38ClN3O6S2. The number of unbranched alkanes of at least 4 members (excludes halogenated alkanes) is 2. The summed E-state index contributed by atoms with van der Waals surface area (Å²) in [5.41, 5.74) is 1.79. The highest BCUT2D eigenvalue weighted by Gasteiger charge is 2.48. The molecule has 252 valence electrons. The summed E-state index contributed by atoms with van der Waals surface area (Å²) in [5.74, 6) is 0.262. The third-order valence-electron chi connectivity index (χ3n) is 7.54. The van der Waals surface area contributed by atoms with E-state index in [0.29, 0.717) is 63.3 Å². The molecular weight excluding hydrogens is 670 g/mol. The van der Waals surface area contributed by atoms with Gasteiger partial charge in [-0.25, -0.2) is 0 Å². The maximum atomic E-state index is 13.8. The summed E-state index contributed by atoms with van der Waals surface area (Å²) in [4.78, 5) is 28.9. The molecule has 1 atom stereocenters. The fourth-order valence-corrected chi connectivity index (χ4v) is 7.31. The second kappa shape index (κ2) is 16.9. The molecule has 0 aliphatic carbocycles. The van der Waals surface area contributed by atoms with E-state index < -0.39 is 17.7 Å². The van der Waals surface area contributed by atoms with Crippen LogP contribution in [0, 0.1) is 0 Å². The lowest BCUT2D eigenvalue weighted by Gasteiger charge is -2.23. The largest absolute Gasteiger partial charge is 0.507 e. The van der Waals surface area contributed by atoms with Crippen molar-refractivity contribution in [1.82, 2.24) is 10.2 Å². The number of Topliss-reactive ketones (excluding diaryl/α,β-unsaturated/α-hetero) is 1. The molecule has 9 nitrogen and oxygen atoms in total. The zero-order chi connectivity index (χ0) is 34.0. The van der Waals surface area contributed by atoms with Crippen molar-refractivity contribution in [2.75, 3.05) is 24.7 Å². The van der Waals surface area contributed by atoms with Crippen molar-refractivity contribution >= 4 is 57.3 Å². The summed E-state index contributed by atoms with van der Waals surface area (Å²) in [6.45, 7) is 7.48. The molecule has 1 amide bonds. The highest BCUT2D eigenvalue weighted by molar-refractivity contribution is 8.00. The minimum atomic E-state index is -1.01. The van der Waals surface area contributed by atoms with E-state index >= 15 is 0 Å². The highest BCUT2D eigenvalue weighted by atomic mass is 35.5. The van der Waals surface area contributed by atoms with Crippen LogP contribution in [0.1, 0.15) is 69.2 Å². The van der Waals surface area contributed by atoms with Crippen molar-refractivity contribution in [3.05, 3.63) is 94.0 Å². The van der Waals surface area contributed by atoms with Crippen molar-refractivity contribution in [2.45, 2.75) is 62.6 Å². The Kier molecular flexibility index (Phi) is 12.4. The van der Waals surface area contributed by atoms with E-state index in [9.17, 15) is 14.7 Å².